The van der Waals surface area contributed by atoms with Gasteiger partial charge in [0.05, 0.1) is 18.3 Å². The molecule has 1 N–H and O–H groups in total. The molecule has 5 rings (SSSR count). The van der Waals surface area contributed by atoms with Crippen LogP contribution in [0, 0.1) is 0 Å². The summed E-state index contributed by atoms with van der Waals surface area (Å²) in [6.07, 6.45) is 1.36. The highest BCUT2D eigenvalue weighted by atomic mass is 16.5. The van der Waals surface area contributed by atoms with E-state index in [0.29, 0.717) is 18.9 Å². The molecule has 164 valence electrons. The Morgan fingerprint density at radius 1 is 0.848 bits per heavy atom. The molecule has 0 spiro atoms. The zero-order chi connectivity index (χ0) is 22.5. The van der Waals surface area contributed by atoms with E-state index >= 15 is 0 Å². The second kappa shape index (κ2) is 9.48. The molecule has 0 radical (unpaired) electrons. The van der Waals surface area contributed by atoms with Crippen LogP contribution in [0.5, 0.6) is 11.5 Å². The van der Waals surface area contributed by atoms with Crippen LogP contribution in [-0.4, -0.2) is 32.7 Å². The average molecular weight is 438 g/mol. The molecule has 0 atom stereocenters. The quantitative estimate of drug-likeness (QED) is 0.384. The number of hydrogen-bond acceptors (Lipinski definition) is 6. The SMILES string of the molecule is COc1cc(Cc2nn[nH]n2)ccc1Cc1ccc(OCc2ccc3ccccc3n2)cc1. The van der Waals surface area contributed by atoms with Gasteiger partial charge in [-0.3, -0.25) is 0 Å². The van der Waals surface area contributed by atoms with E-state index < -0.39 is 0 Å². The summed E-state index contributed by atoms with van der Waals surface area (Å²) in [5.74, 6) is 2.31. The predicted octanol–water partition coefficient (Wildman–Crippen LogP) is 4.52. The predicted molar refractivity (Wildman–Crippen MR) is 125 cm³/mol. The number of hydrogen-bond donors (Lipinski definition) is 1. The van der Waals surface area contributed by atoms with Crippen LogP contribution in [0.15, 0.2) is 78.9 Å². The lowest BCUT2D eigenvalue weighted by atomic mass is 10.0. The van der Waals surface area contributed by atoms with Crippen molar-refractivity contribution in [2.45, 2.75) is 19.4 Å². The summed E-state index contributed by atoms with van der Waals surface area (Å²) in [7, 11) is 1.69. The zero-order valence-electron chi connectivity index (χ0n) is 18.2. The lowest BCUT2D eigenvalue weighted by Crippen LogP contribution is -1.99. The lowest BCUT2D eigenvalue weighted by molar-refractivity contribution is 0.301. The molecule has 7 heteroatoms. The van der Waals surface area contributed by atoms with Crippen molar-refractivity contribution < 1.29 is 9.47 Å². The molecule has 0 aliphatic heterocycles. The zero-order valence-corrected chi connectivity index (χ0v) is 18.2. The molecule has 7 nitrogen and oxygen atoms in total. The first-order chi connectivity index (χ1) is 16.3. The van der Waals surface area contributed by atoms with Crippen LogP contribution < -0.4 is 9.47 Å². The summed E-state index contributed by atoms with van der Waals surface area (Å²) in [5.41, 5.74) is 5.25. The summed E-state index contributed by atoms with van der Waals surface area (Å²) in [4.78, 5) is 4.66. The Morgan fingerprint density at radius 2 is 1.70 bits per heavy atom. The van der Waals surface area contributed by atoms with Crippen molar-refractivity contribution in [3.8, 4) is 11.5 Å². The number of benzene rings is 3. The van der Waals surface area contributed by atoms with Crippen molar-refractivity contribution >= 4 is 10.9 Å². The molecule has 0 fully saturated rings. The van der Waals surface area contributed by atoms with Gasteiger partial charge in [-0.1, -0.05) is 53.7 Å². The van der Waals surface area contributed by atoms with Gasteiger partial charge in [0.2, 0.25) is 0 Å². The molecule has 2 aromatic heterocycles. The third kappa shape index (κ3) is 4.98. The molecule has 5 aromatic rings. The molecule has 2 heterocycles. The van der Waals surface area contributed by atoms with Crippen LogP contribution in [0.1, 0.15) is 28.2 Å². The van der Waals surface area contributed by atoms with Crippen LogP contribution in [-0.2, 0) is 19.4 Å². The maximum Gasteiger partial charge on any atom is 0.178 e. The first-order valence-electron chi connectivity index (χ1n) is 10.7. The number of fused-ring (bicyclic) bond motifs is 1. The van der Waals surface area contributed by atoms with Crippen molar-refractivity contribution in [3.63, 3.8) is 0 Å². The Bertz CT molecular complexity index is 1350. The van der Waals surface area contributed by atoms with Gasteiger partial charge in [0.1, 0.15) is 18.1 Å². The Morgan fingerprint density at radius 3 is 2.52 bits per heavy atom. The Labute approximate surface area is 191 Å². The minimum atomic E-state index is 0.430. The van der Waals surface area contributed by atoms with E-state index in [1.165, 1.54) is 5.56 Å². The van der Waals surface area contributed by atoms with E-state index in [-0.39, 0.29) is 0 Å². The lowest BCUT2D eigenvalue weighted by Gasteiger charge is -2.11. The normalized spacial score (nSPS) is 10.9. The van der Waals surface area contributed by atoms with E-state index in [9.17, 15) is 0 Å². The number of pyridine rings is 1. The molecule has 0 amide bonds. The fourth-order valence-corrected chi connectivity index (χ4v) is 3.75. The smallest absolute Gasteiger partial charge is 0.178 e. The minimum absolute atomic E-state index is 0.430. The van der Waals surface area contributed by atoms with Gasteiger partial charge in [0.15, 0.2) is 5.82 Å². The summed E-state index contributed by atoms with van der Waals surface area (Å²) in [6, 6.07) is 26.5. The molecular formula is C26H23N5O2. The number of rotatable bonds is 8. The minimum Gasteiger partial charge on any atom is -0.496 e. The largest absolute Gasteiger partial charge is 0.496 e. The molecule has 0 bridgehead atoms. The van der Waals surface area contributed by atoms with E-state index in [0.717, 1.165) is 45.6 Å². The van der Waals surface area contributed by atoms with Crippen molar-refractivity contribution in [2.24, 2.45) is 0 Å². The van der Waals surface area contributed by atoms with Gasteiger partial charge in [-0.05, 0) is 47.0 Å². The maximum atomic E-state index is 5.95. The van der Waals surface area contributed by atoms with Gasteiger partial charge in [0.25, 0.3) is 0 Å². The Balaban J connectivity index is 1.22. The van der Waals surface area contributed by atoms with Crippen molar-refractivity contribution in [3.05, 3.63) is 107 Å². The number of aromatic nitrogens is 5. The Hall–Kier alpha value is -4.26. The van der Waals surface area contributed by atoms with Gasteiger partial charge in [0, 0.05) is 18.2 Å². The third-order valence-electron chi connectivity index (χ3n) is 5.46. The van der Waals surface area contributed by atoms with Gasteiger partial charge in [-0.2, -0.15) is 5.21 Å². The number of nitrogens with one attached hydrogen (secondary N) is 1. The summed E-state index contributed by atoms with van der Waals surface area (Å²) < 4.78 is 11.6. The summed E-state index contributed by atoms with van der Waals surface area (Å²) in [5, 5.41) is 15.2. The van der Waals surface area contributed by atoms with E-state index in [4.69, 9.17) is 9.47 Å². The number of nitrogens with zero attached hydrogens (tertiary/aromatic N) is 4. The topological polar surface area (TPSA) is 85.8 Å². The first-order valence-corrected chi connectivity index (χ1v) is 10.7. The number of tetrazole rings is 1. The number of H-pyrrole nitrogens is 1. The number of para-hydroxylation sites is 1. The van der Waals surface area contributed by atoms with Gasteiger partial charge < -0.3 is 9.47 Å². The summed E-state index contributed by atoms with van der Waals surface area (Å²) >= 11 is 0. The fraction of sp³-hybridized carbons (Fsp3) is 0.154. The molecule has 0 aliphatic carbocycles. The number of ether oxygens (including phenoxy) is 2. The standard InChI is InChI=1S/C26H23N5O2/c1-32-25-15-19(16-26-28-30-31-29-26)6-9-21(25)14-18-7-12-23(13-8-18)33-17-22-11-10-20-4-2-3-5-24(20)27-22/h2-13,15H,14,16-17H2,1H3,(H,28,29,30,31). The van der Waals surface area contributed by atoms with Crippen LogP contribution in [0.3, 0.4) is 0 Å². The molecule has 0 aliphatic rings. The monoisotopic (exact) mass is 437 g/mol. The summed E-state index contributed by atoms with van der Waals surface area (Å²) in [6.45, 7) is 0.430. The van der Waals surface area contributed by atoms with E-state index in [2.05, 4.69) is 62.0 Å². The van der Waals surface area contributed by atoms with Crippen LogP contribution >= 0.6 is 0 Å². The van der Waals surface area contributed by atoms with Gasteiger partial charge >= 0.3 is 0 Å². The molecule has 0 unspecified atom stereocenters. The van der Waals surface area contributed by atoms with E-state index in [1.54, 1.807) is 7.11 Å². The maximum absolute atomic E-state index is 5.95. The highest BCUT2D eigenvalue weighted by Crippen LogP contribution is 2.25. The van der Waals surface area contributed by atoms with Crippen molar-refractivity contribution in [1.82, 2.24) is 25.6 Å². The van der Waals surface area contributed by atoms with Crippen LogP contribution in [0.25, 0.3) is 10.9 Å². The number of aromatic amines is 1. The van der Waals surface area contributed by atoms with Gasteiger partial charge in [-0.25, -0.2) is 4.98 Å². The van der Waals surface area contributed by atoms with Gasteiger partial charge in [-0.15, -0.1) is 10.2 Å². The Kier molecular flexibility index (Phi) is 5.93. The first kappa shape index (κ1) is 20.6. The molecule has 33 heavy (non-hydrogen) atoms. The van der Waals surface area contributed by atoms with Crippen LogP contribution in [0.4, 0.5) is 0 Å². The second-order valence-corrected chi connectivity index (χ2v) is 7.76. The van der Waals surface area contributed by atoms with E-state index in [1.807, 2.05) is 42.5 Å². The van der Waals surface area contributed by atoms with Crippen molar-refractivity contribution in [2.75, 3.05) is 7.11 Å². The van der Waals surface area contributed by atoms with Crippen molar-refractivity contribution in [1.29, 1.82) is 0 Å². The molecule has 3 aromatic carbocycles. The number of methoxy groups -OCH3 is 1. The second-order valence-electron chi connectivity index (χ2n) is 7.76. The fourth-order valence-electron chi connectivity index (χ4n) is 3.75. The average Bonchev–Trinajstić information content (AvgIpc) is 3.37. The molecule has 0 saturated heterocycles. The molecular weight excluding hydrogens is 414 g/mol. The third-order valence-corrected chi connectivity index (χ3v) is 5.46. The highest BCUT2D eigenvalue weighted by molar-refractivity contribution is 5.78. The highest BCUT2D eigenvalue weighted by Gasteiger charge is 2.09. The molecule has 0 saturated carbocycles. The van der Waals surface area contributed by atoms with Crippen LogP contribution in [0.2, 0.25) is 0 Å².